The summed E-state index contributed by atoms with van der Waals surface area (Å²) in [5.74, 6) is 1.75. The van der Waals surface area contributed by atoms with Gasteiger partial charge in [0.25, 0.3) is 0 Å². The Kier molecular flexibility index (Phi) is 4.03. The summed E-state index contributed by atoms with van der Waals surface area (Å²) in [6.07, 6.45) is 0. The highest BCUT2D eigenvalue weighted by atomic mass is 32.2. The van der Waals surface area contributed by atoms with Gasteiger partial charge in [0, 0.05) is 31.1 Å². The van der Waals surface area contributed by atoms with Crippen molar-refractivity contribution in [3.63, 3.8) is 0 Å². The summed E-state index contributed by atoms with van der Waals surface area (Å²) in [6.45, 7) is 7.46. The number of nitrogens with zero attached hydrogens (tertiary/aromatic N) is 3. The number of aromatic nitrogens is 2. The largest absolute Gasteiger partial charge is 0.268 e. The monoisotopic (exact) mass is 289 g/mol. The minimum absolute atomic E-state index is 0.399. The summed E-state index contributed by atoms with van der Waals surface area (Å²) in [6, 6.07) is 0. The van der Waals surface area contributed by atoms with Gasteiger partial charge in [0.15, 0.2) is 0 Å². The Balaban J connectivity index is 2.43. The van der Waals surface area contributed by atoms with Crippen molar-refractivity contribution in [2.45, 2.75) is 32.2 Å². The smallest absolute Gasteiger partial charge is 0.246 e. The van der Waals surface area contributed by atoms with E-state index in [4.69, 9.17) is 0 Å². The van der Waals surface area contributed by atoms with Gasteiger partial charge in [0.05, 0.1) is 11.4 Å². The van der Waals surface area contributed by atoms with E-state index >= 15 is 0 Å². The van der Waals surface area contributed by atoms with Crippen LogP contribution in [0.2, 0.25) is 0 Å². The summed E-state index contributed by atoms with van der Waals surface area (Å²) < 4.78 is 28.6. The maximum absolute atomic E-state index is 12.6. The van der Waals surface area contributed by atoms with Crippen molar-refractivity contribution in [3.05, 3.63) is 11.4 Å². The Bertz CT molecular complexity index is 531. The topological polar surface area (TPSA) is 55.2 Å². The van der Waals surface area contributed by atoms with E-state index in [9.17, 15) is 8.42 Å². The average Bonchev–Trinajstić information content (AvgIpc) is 2.65. The summed E-state index contributed by atoms with van der Waals surface area (Å²) in [7, 11) is -3.38. The third-order valence-electron chi connectivity index (χ3n) is 3.18. The zero-order valence-corrected chi connectivity index (χ0v) is 12.6. The second-order valence-corrected chi connectivity index (χ2v) is 7.43. The van der Waals surface area contributed by atoms with E-state index in [1.807, 2.05) is 13.8 Å². The van der Waals surface area contributed by atoms with Gasteiger partial charge in [0.2, 0.25) is 10.0 Å². The molecule has 1 aliphatic heterocycles. The molecule has 0 amide bonds. The Labute approximate surface area is 113 Å². The Morgan fingerprint density at radius 3 is 2.39 bits per heavy atom. The molecule has 0 radical (unpaired) electrons. The maximum Gasteiger partial charge on any atom is 0.246 e. The van der Waals surface area contributed by atoms with E-state index in [0.29, 0.717) is 30.2 Å². The number of hydrogen-bond acceptors (Lipinski definition) is 4. The van der Waals surface area contributed by atoms with Gasteiger partial charge in [-0.25, -0.2) is 8.42 Å². The van der Waals surface area contributed by atoms with E-state index in [2.05, 4.69) is 5.10 Å². The molecule has 0 atom stereocenters. The Hall–Kier alpha value is -0.530. The molecule has 1 aromatic rings. The molecular weight excluding hydrogens is 270 g/mol. The molecule has 102 valence electrons. The van der Waals surface area contributed by atoms with Crippen molar-refractivity contribution in [3.8, 4) is 0 Å². The number of hydrogen-bond donors (Lipinski definition) is 0. The Morgan fingerprint density at radius 1 is 1.28 bits per heavy atom. The third-order valence-corrected chi connectivity index (χ3v) is 6.28. The number of aryl methyl sites for hydroxylation is 2. The highest BCUT2D eigenvalue weighted by Crippen LogP contribution is 2.25. The van der Waals surface area contributed by atoms with Gasteiger partial charge >= 0.3 is 0 Å². The Morgan fingerprint density at radius 2 is 1.89 bits per heavy atom. The summed E-state index contributed by atoms with van der Waals surface area (Å²) in [5, 5.41) is 4.30. The molecule has 0 aromatic carbocycles. The molecule has 7 heteroatoms. The minimum atomic E-state index is -3.38. The lowest BCUT2D eigenvalue weighted by Crippen LogP contribution is -2.38. The molecule has 0 spiro atoms. The van der Waals surface area contributed by atoms with Gasteiger partial charge in [-0.1, -0.05) is 0 Å². The van der Waals surface area contributed by atoms with Crippen LogP contribution in [-0.4, -0.2) is 47.1 Å². The first-order chi connectivity index (χ1) is 8.48. The van der Waals surface area contributed by atoms with Crippen molar-refractivity contribution in [2.75, 3.05) is 24.6 Å². The van der Waals surface area contributed by atoms with Crippen molar-refractivity contribution in [1.82, 2.24) is 14.1 Å². The van der Waals surface area contributed by atoms with Gasteiger partial charge in [-0.05, 0) is 20.8 Å². The fourth-order valence-corrected chi connectivity index (χ4v) is 5.23. The maximum atomic E-state index is 12.6. The highest BCUT2D eigenvalue weighted by molar-refractivity contribution is 7.99. The zero-order chi connectivity index (χ0) is 13.3. The fraction of sp³-hybridized carbons (Fsp3) is 0.727. The van der Waals surface area contributed by atoms with Crippen LogP contribution in [0.4, 0.5) is 0 Å². The molecule has 18 heavy (non-hydrogen) atoms. The lowest BCUT2D eigenvalue weighted by molar-refractivity contribution is 0.442. The third kappa shape index (κ3) is 2.31. The second-order valence-electron chi connectivity index (χ2n) is 4.33. The highest BCUT2D eigenvalue weighted by Gasteiger charge is 2.31. The van der Waals surface area contributed by atoms with Crippen LogP contribution in [-0.2, 0) is 16.6 Å². The van der Waals surface area contributed by atoms with E-state index in [0.717, 1.165) is 17.2 Å². The van der Waals surface area contributed by atoms with Gasteiger partial charge in [-0.15, -0.1) is 0 Å². The number of thioether (sulfide) groups is 1. The molecule has 1 saturated heterocycles. The molecule has 0 unspecified atom stereocenters. The normalized spacial score (nSPS) is 18.2. The number of rotatable bonds is 3. The van der Waals surface area contributed by atoms with Crippen LogP contribution in [0.5, 0.6) is 0 Å². The average molecular weight is 289 g/mol. The van der Waals surface area contributed by atoms with E-state index in [1.165, 1.54) is 0 Å². The molecule has 0 bridgehead atoms. The molecule has 2 heterocycles. The predicted octanol–water partition coefficient (Wildman–Crippen LogP) is 1.26. The standard InChI is InChI=1S/C11H19N3O2S2/c1-4-14-10(3)11(9(2)12-14)18(15,16)13-5-7-17-8-6-13/h4-8H2,1-3H3. The first kappa shape index (κ1) is 13.9. The molecule has 1 aromatic heterocycles. The van der Waals surface area contributed by atoms with Crippen LogP contribution < -0.4 is 0 Å². The SMILES string of the molecule is CCn1nc(C)c(S(=O)(=O)N2CCSCC2)c1C. The van der Waals surface area contributed by atoms with E-state index in [1.54, 1.807) is 27.7 Å². The molecule has 0 aliphatic carbocycles. The number of sulfonamides is 1. The van der Waals surface area contributed by atoms with Crippen molar-refractivity contribution < 1.29 is 8.42 Å². The summed E-state index contributed by atoms with van der Waals surface area (Å²) in [4.78, 5) is 0.399. The fourth-order valence-electron chi connectivity index (χ4n) is 2.28. The van der Waals surface area contributed by atoms with Crippen LogP contribution in [0.3, 0.4) is 0 Å². The molecule has 0 saturated carbocycles. The van der Waals surface area contributed by atoms with Crippen LogP contribution in [0.25, 0.3) is 0 Å². The first-order valence-electron chi connectivity index (χ1n) is 6.10. The second kappa shape index (κ2) is 5.22. The van der Waals surface area contributed by atoms with Crippen molar-refractivity contribution in [2.24, 2.45) is 0 Å². The van der Waals surface area contributed by atoms with Crippen LogP contribution in [0.1, 0.15) is 18.3 Å². The van der Waals surface area contributed by atoms with Crippen LogP contribution >= 0.6 is 11.8 Å². The molecule has 1 aliphatic rings. The minimum Gasteiger partial charge on any atom is -0.268 e. The van der Waals surface area contributed by atoms with Gasteiger partial charge < -0.3 is 0 Å². The molecular formula is C11H19N3O2S2. The van der Waals surface area contributed by atoms with E-state index < -0.39 is 10.0 Å². The van der Waals surface area contributed by atoms with Crippen LogP contribution in [0, 0.1) is 13.8 Å². The predicted molar refractivity (Wildman–Crippen MR) is 73.5 cm³/mol. The summed E-state index contributed by atoms with van der Waals surface area (Å²) in [5.41, 5.74) is 1.35. The van der Waals surface area contributed by atoms with Gasteiger partial charge in [-0.2, -0.15) is 21.2 Å². The quantitative estimate of drug-likeness (QED) is 0.840. The molecule has 0 N–H and O–H groups in total. The summed E-state index contributed by atoms with van der Waals surface area (Å²) >= 11 is 1.80. The molecule has 5 nitrogen and oxygen atoms in total. The van der Waals surface area contributed by atoms with Crippen molar-refractivity contribution >= 4 is 21.8 Å². The lowest BCUT2D eigenvalue weighted by Gasteiger charge is -2.25. The van der Waals surface area contributed by atoms with Gasteiger partial charge in [0.1, 0.15) is 4.90 Å². The van der Waals surface area contributed by atoms with E-state index in [-0.39, 0.29) is 0 Å². The first-order valence-corrected chi connectivity index (χ1v) is 8.70. The molecule has 2 rings (SSSR count). The lowest BCUT2D eigenvalue weighted by atomic mass is 10.4. The van der Waals surface area contributed by atoms with Crippen LogP contribution in [0.15, 0.2) is 4.90 Å². The zero-order valence-electron chi connectivity index (χ0n) is 11.0. The van der Waals surface area contributed by atoms with Gasteiger partial charge in [-0.3, -0.25) is 4.68 Å². The van der Waals surface area contributed by atoms with Crippen molar-refractivity contribution in [1.29, 1.82) is 0 Å². The molecule has 1 fully saturated rings.